The zero-order valence-corrected chi connectivity index (χ0v) is 15.3. The first-order valence-electron chi connectivity index (χ1n) is 9.14. The fraction of sp³-hybridized carbons (Fsp3) is 0.450. The number of hydrogen-bond donors (Lipinski definition) is 1. The Balaban J connectivity index is 1.60. The second-order valence-corrected chi connectivity index (χ2v) is 6.96. The van der Waals surface area contributed by atoms with Crippen LogP contribution < -0.4 is 10.2 Å². The molecule has 1 amide bonds. The van der Waals surface area contributed by atoms with E-state index in [2.05, 4.69) is 27.1 Å². The molecule has 0 radical (unpaired) electrons. The molecule has 0 spiro atoms. The van der Waals surface area contributed by atoms with Crippen molar-refractivity contribution in [3.8, 4) is 0 Å². The lowest BCUT2D eigenvalue weighted by Crippen LogP contribution is -2.34. The van der Waals surface area contributed by atoms with Gasteiger partial charge in [0.25, 0.3) is 5.91 Å². The zero-order valence-electron chi connectivity index (χ0n) is 15.3. The normalized spacial score (nSPS) is 15.1. The minimum absolute atomic E-state index is 0.204. The highest BCUT2D eigenvalue weighted by molar-refractivity contribution is 5.92. The third-order valence-electron chi connectivity index (χ3n) is 4.78. The van der Waals surface area contributed by atoms with Crippen LogP contribution in [0.3, 0.4) is 0 Å². The number of rotatable bonds is 5. The summed E-state index contributed by atoms with van der Waals surface area (Å²) in [5.41, 5.74) is 1.37. The van der Waals surface area contributed by atoms with Crippen molar-refractivity contribution >= 4 is 11.7 Å². The Hall–Kier alpha value is -2.50. The summed E-state index contributed by atoms with van der Waals surface area (Å²) in [5.74, 6) is 1.71. The Bertz CT molecular complexity index is 755. The first kappa shape index (κ1) is 18.3. The van der Waals surface area contributed by atoms with Crippen LogP contribution in [0.25, 0.3) is 0 Å². The van der Waals surface area contributed by atoms with Crippen molar-refractivity contribution in [2.45, 2.75) is 33.1 Å². The highest BCUT2D eigenvalue weighted by Crippen LogP contribution is 2.21. The van der Waals surface area contributed by atoms with E-state index in [-0.39, 0.29) is 11.7 Å². The molecule has 3 rings (SSSR count). The van der Waals surface area contributed by atoms with Gasteiger partial charge < -0.3 is 10.2 Å². The van der Waals surface area contributed by atoms with Crippen LogP contribution in [-0.4, -0.2) is 35.5 Å². The van der Waals surface area contributed by atoms with E-state index in [9.17, 15) is 9.18 Å². The maximum absolute atomic E-state index is 12.9. The highest BCUT2D eigenvalue weighted by atomic mass is 19.1. The average Bonchev–Trinajstić information content (AvgIpc) is 2.63. The number of hydrogen-bond acceptors (Lipinski definition) is 4. The van der Waals surface area contributed by atoms with Gasteiger partial charge in [-0.1, -0.05) is 19.1 Å². The van der Waals surface area contributed by atoms with Crippen molar-refractivity contribution in [2.24, 2.45) is 5.92 Å². The van der Waals surface area contributed by atoms with Gasteiger partial charge in [0, 0.05) is 25.7 Å². The molecule has 0 aliphatic carbocycles. The molecule has 1 aromatic heterocycles. The SMILES string of the molecule is Cc1nc(C(=O)NCCc2ccc(F)cc2)cc(N2CCC(C)CC2)n1. The molecule has 0 saturated carbocycles. The molecular formula is C20H25FN4O. The molecule has 138 valence electrons. The second-order valence-electron chi connectivity index (χ2n) is 6.96. The molecule has 0 bridgehead atoms. The van der Waals surface area contributed by atoms with Gasteiger partial charge in [-0.2, -0.15) is 0 Å². The summed E-state index contributed by atoms with van der Waals surface area (Å²) in [6.07, 6.45) is 2.93. The van der Waals surface area contributed by atoms with Crippen LogP contribution in [0, 0.1) is 18.7 Å². The molecule has 1 N–H and O–H groups in total. The fourth-order valence-corrected chi connectivity index (χ4v) is 3.13. The van der Waals surface area contributed by atoms with Gasteiger partial charge >= 0.3 is 0 Å². The van der Waals surface area contributed by atoms with Crippen LogP contribution in [0.2, 0.25) is 0 Å². The Labute approximate surface area is 153 Å². The number of amides is 1. The predicted octanol–water partition coefficient (Wildman–Crippen LogP) is 3.13. The minimum atomic E-state index is -0.256. The van der Waals surface area contributed by atoms with E-state index in [1.54, 1.807) is 18.2 Å². The number of carbonyl (C=O) groups excluding carboxylic acids is 1. The molecule has 5 nitrogen and oxygen atoms in total. The van der Waals surface area contributed by atoms with Crippen molar-refractivity contribution < 1.29 is 9.18 Å². The molecule has 1 saturated heterocycles. The first-order valence-corrected chi connectivity index (χ1v) is 9.14. The molecule has 1 fully saturated rings. The molecule has 6 heteroatoms. The summed E-state index contributed by atoms with van der Waals surface area (Å²) >= 11 is 0. The third-order valence-corrected chi connectivity index (χ3v) is 4.78. The Morgan fingerprint density at radius 1 is 1.23 bits per heavy atom. The maximum Gasteiger partial charge on any atom is 0.270 e. The van der Waals surface area contributed by atoms with E-state index in [0.29, 0.717) is 24.5 Å². The van der Waals surface area contributed by atoms with Gasteiger partial charge in [-0.3, -0.25) is 4.79 Å². The lowest BCUT2D eigenvalue weighted by molar-refractivity contribution is 0.0948. The molecule has 0 atom stereocenters. The van der Waals surface area contributed by atoms with Gasteiger partial charge in [0.2, 0.25) is 0 Å². The van der Waals surface area contributed by atoms with Gasteiger partial charge in [-0.05, 0) is 49.8 Å². The average molecular weight is 356 g/mol. The van der Waals surface area contributed by atoms with Crippen molar-refractivity contribution in [1.82, 2.24) is 15.3 Å². The van der Waals surface area contributed by atoms with Gasteiger partial charge in [0.1, 0.15) is 23.2 Å². The predicted molar refractivity (Wildman–Crippen MR) is 99.8 cm³/mol. The summed E-state index contributed by atoms with van der Waals surface area (Å²) < 4.78 is 12.9. The van der Waals surface area contributed by atoms with E-state index in [4.69, 9.17) is 0 Å². The number of benzene rings is 1. The van der Waals surface area contributed by atoms with Crippen LogP contribution in [-0.2, 0) is 6.42 Å². The van der Waals surface area contributed by atoms with Crippen molar-refractivity contribution in [3.05, 3.63) is 53.2 Å². The van der Waals surface area contributed by atoms with Crippen molar-refractivity contribution in [2.75, 3.05) is 24.5 Å². The number of anilines is 1. The lowest BCUT2D eigenvalue weighted by Gasteiger charge is -2.31. The van der Waals surface area contributed by atoms with Crippen LogP contribution in [0.5, 0.6) is 0 Å². The van der Waals surface area contributed by atoms with E-state index in [1.165, 1.54) is 12.1 Å². The number of aryl methyl sites for hydroxylation is 1. The number of piperidine rings is 1. The topological polar surface area (TPSA) is 58.1 Å². The van der Waals surface area contributed by atoms with E-state index in [0.717, 1.165) is 43.2 Å². The summed E-state index contributed by atoms with van der Waals surface area (Å²) in [7, 11) is 0. The summed E-state index contributed by atoms with van der Waals surface area (Å²) in [6, 6.07) is 8.08. The third kappa shape index (κ3) is 4.77. The smallest absolute Gasteiger partial charge is 0.270 e. The largest absolute Gasteiger partial charge is 0.356 e. The van der Waals surface area contributed by atoms with Gasteiger partial charge in [-0.25, -0.2) is 14.4 Å². The van der Waals surface area contributed by atoms with Gasteiger partial charge in [0.05, 0.1) is 0 Å². The maximum atomic E-state index is 12.9. The van der Waals surface area contributed by atoms with Crippen LogP contribution in [0.15, 0.2) is 30.3 Å². The number of aromatic nitrogens is 2. The standard InChI is InChI=1S/C20H25FN4O/c1-14-8-11-25(12-9-14)19-13-18(23-15(2)24-19)20(26)22-10-7-16-3-5-17(21)6-4-16/h3-6,13-14H,7-12H2,1-2H3,(H,22,26). The molecular weight excluding hydrogens is 331 g/mol. The Kier molecular flexibility index (Phi) is 5.81. The van der Waals surface area contributed by atoms with Crippen LogP contribution in [0.4, 0.5) is 10.2 Å². The monoisotopic (exact) mass is 356 g/mol. The first-order chi connectivity index (χ1) is 12.5. The minimum Gasteiger partial charge on any atom is -0.356 e. The van der Waals surface area contributed by atoms with Crippen molar-refractivity contribution in [3.63, 3.8) is 0 Å². The quantitative estimate of drug-likeness (QED) is 0.894. The van der Waals surface area contributed by atoms with E-state index in [1.807, 2.05) is 6.92 Å². The molecule has 2 heterocycles. The molecule has 1 aliphatic rings. The molecule has 0 unspecified atom stereocenters. The van der Waals surface area contributed by atoms with Crippen LogP contribution >= 0.6 is 0 Å². The molecule has 2 aromatic rings. The van der Waals surface area contributed by atoms with E-state index < -0.39 is 0 Å². The number of carbonyl (C=O) groups is 1. The lowest BCUT2D eigenvalue weighted by atomic mass is 9.99. The second kappa shape index (κ2) is 8.25. The van der Waals surface area contributed by atoms with Crippen LogP contribution in [0.1, 0.15) is 41.6 Å². The Morgan fingerprint density at radius 2 is 1.92 bits per heavy atom. The molecule has 1 aromatic carbocycles. The number of nitrogens with zero attached hydrogens (tertiary/aromatic N) is 3. The number of halogens is 1. The molecule has 26 heavy (non-hydrogen) atoms. The van der Waals surface area contributed by atoms with Gasteiger partial charge in [-0.15, -0.1) is 0 Å². The summed E-state index contributed by atoms with van der Waals surface area (Å²) in [4.78, 5) is 23.5. The summed E-state index contributed by atoms with van der Waals surface area (Å²) in [6.45, 7) is 6.48. The zero-order chi connectivity index (χ0) is 18.5. The molecule has 1 aliphatic heterocycles. The highest BCUT2D eigenvalue weighted by Gasteiger charge is 2.19. The van der Waals surface area contributed by atoms with Gasteiger partial charge in [0.15, 0.2) is 0 Å². The van der Waals surface area contributed by atoms with E-state index >= 15 is 0 Å². The number of nitrogens with one attached hydrogen (secondary N) is 1. The summed E-state index contributed by atoms with van der Waals surface area (Å²) in [5, 5.41) is 2.88. The fourth-order valence-electron chi connectivity index (χ4n) is 3.13. The van der Waals surface area contributed by atoms with Crippen molar-refractivity contribution in [1.29, 1.82) is 0 Å². The Morgan fingerprint density at radius 3 is 2.62 bits per heavy atom.